The number of rotatable bonds is 3. The molecule has 0 aromatic heterocycles. The number of aliphatic carboxylic acids is 1. The Morgan fingerprint density at radius 2 is 2.05 bits per heavy atom. The first-order chi connectivity index (χ1) is 8.91. The summed E-state index contributed by atoms with van der Waals surface area (Å²) in [4.78, 5) is 24.9. The minimum absolute atomic E-state index is 0.00180. The molecule has 1 aliphatic heterocycles. The zero-order chi connectivity index (χ0) is 14.2. The molecule has 1 fully saturated rings. The fourth-order valence-corrected chi connectivity index (χ4v) is 2.77. The Bertz CT molecular complexity index is 523. The largest absolute Gasteiger partial charge is 0.481 e. The van der Waals surface area contributed by atoms with Crippen LogP contribution in [0.4, 0.5) is 0 Å². The maximum Gasteiger partial charge on any atom is 0.306 e. The second-order valence-corrected chi connectivity index (χ2v) is 6.11. The summed E-state index contributed by atoms with van der Waals surface area (Å²) in [5.41, 5.74) is 1.80. The van der Waals surface area contributed by atoms with E-state index in [1.165, 1.54) is 0 Å². The molecule has 1 aromatic carbocycles. The monoisotopic (exact) mass is 373 g/mol. The molecule has 19 heavy (non-hydrogen) atoms. The van der Waals surface area contributed by atoms with Gasteiger partial charge in [-0.3, -0.25) is 9.59 Å². The van der Waals surface area contributed by atoms with E-state index in [4.69, 9.17) is 5.11 Å². The van der Waals surface area contributed by atoms with Crippen LogP contribution in [-0.2, 0) is 4.79 Å². The van der Waals surface area contributed by atoms with Gasteiger partial charge >= 0.3 is 5.97 Å². The molecule has 102 valence electrons. The molecule has 1 aromatic rings. The molecule has 1 unspecified atom stereocenters. The van der Waals surface area contributed by atoms with Gasteiger partial charge in [-0.1, -0.05) is 19.1 Å². The molecule has 0 saturated carbocycles. The number of carboxylic acid groups (broad SMARTS) is 1. The first-order valence-corrected chi connectivity index (χ1v) is 7.27. The molecule has 2 rings (SSSR count). The van der Waals surface area contributed by atoms with Gasteiger partial charge < -0.3 is 10.0 Å². The van der Waals surface area contributed by atoms with Crippen molar-refractivity contribution in [2.24, 2.45) is 11.8 Å². The third kappa shape index (κ3) is 2.75. The number of halogens is 1. The molecule has 1 amide bonds. The summed E-state index contributed by atoms with van der Waals surface area (Å²) >= 11 is 2.18. The average molecular weight is 373 g/mol. The van der Waals surface area contributed by atoms with Crippen molar-refractivity contribution in [3.05, 3.63) is 32.9 Å². The van der Waals surface area contributed by atoms with Crippen LogP contribution in [0.3, 0.4) is 0 Å². The van der Waals surface area contributed by atoms with Crippen molar-refractivity contribution in [3.8, 4) is 0 Å². The molecular formula is C14H16INO3. The van der Waals surface area contributed by atoms with E-state index in [-0.39, 0.29) is 17.7 Å². The van der Waals surface area contributed by atoms with Gasteiger partial charge in [0.1, 0.15) is 0 Å². The molecule has 4 nitrogen and oxygen atoms in total. The van der Waals surface area contributed by atoms with Crippen LogP contribution in [0.1, 0.15) is 22.8 Å². The van der Waals surface area contributed by atoms with E-state index >= 15 is 0 Å². The van der Waals surface area contributed by atoms with Gasteiger partial charge in [-0.25, -0.2) is 0 Å². The molecule has 1 heterocycles. The lowest BCUT2D eigenvalue weighted by Crippen LogP contribution is -2.53. The van der Waals surface area contributed by atoms with Gasteiger partial charge in [0.25, 0.3) is 5.91 Å². The number of carboxylic acids is 1. The van der Waals surface area contributed by atoms with Gasteiger partial charge in [-0.2, -0.15) is 0 Å². The summed E-state index contributed by atoms with van der Waals surface area (Å²) in [6.07, 6.45) is 0. The van der Waals surface area contributed by atoms with Gasteiger partial charge in [0.2, 0.25) is 0 Å². The lowest BCUT2D eigenvalue weighted by atomic mass is 9.86. The van der Waals surface area contributed by atoms with Crippen LogP contribution in [0.2, 0.25) is 0 Å². The van der Waals surface area contributed by atoms with Crippen LogP contribution in [0.15, 0.2) is 18.2 Å². The van der Waals surface area contributed by atoms with E-state index in [1.807, 2.05) is 25.1 Å². The summed E-state index contributed by atoms with van der Waals surface area (Å²) < 4.78 is 0.972. The van der Waals surface area contributed by atoms with Gasteiger partial charge in [0.05, 0.1) is 11.5 Å². The second kappa shape index (κ2) is 5.48. The Kier molecular flexibility index (Phi) is 4.13. The lowest BCUT2D eigenvalue weighted by molar-refractivity contribution is -0.144. The van der Waals surface area contributed by atoms with Crippen molar-refractivity contribution in [1.29, 1.82) is 0 Å². The molecule has 0 spiro atoms. The fraction of sp³-hybridized carbons (Fsp3) is 0.429. The zero-order valence-electron chi connectivity index (χ0n) is 10.9. The summed E-state index contributed by atoms with van der Waals surface area (Å²) in [6, 6.07) is 5.68. The number of aryl methyl sites for hydroxylation is 1. The van der Waals surface area contributed by atoms with Crippen LogP contribution in [0.5, 0.6) is 0 Å². The van der Waals surface area contributed by atoms with Gasteiger partial charge in [0, 0.05) is 22.6 Å². The SMILES string of the molecule is Cc1cccc(C(=O)N2CC(C(C)C(=O)O)C2)c1I. The molecule has 1 N–H and O–H groups in total. The Labute approximate surface area is 125 Å². The molecule has 1 atom stereocenters. The van der Waals surface area contributed by atoms with Crippen LogP contribution < -0.4 is 0 Å². The first-order valence-electron chi connectivity index (χ1n) is 6.19. The van der Waals surface area contributed by atoms with E-state index < -0.39 is 5.97 Å². The van der Waals surface area contributed by atoms with Crippen molar-refractivity contribution in [3.63, 3.8) is 0 Å². The first kappa shape index (κ1) is 14.3. The van der Waals surface area contributed by atoms with E-state index in [1.54, 1.807) is 11.8 Å². The Morgan fingerprint density at radius 1 is 1.42 bits per heavy atom. The highest BCUT2D eigenvalue weighted by molar-refractivity contribution is 14.1. The number of hydrogen-bond donors (Lipinski definition) is 1. The van der Waals surface area contributed by atoms with Gasteiger partial charge in [0.15, 0.2) is 0 Å². The van der Waals surface area contributed by atoms with E-state index in [0.29, 0.717) is 18.7 Å². The Morgan fingerprint density at radius 3 is 2.63 bits per heavy atom. The predicted molar refractivity (Wildman–Crippen MR) is 80.1 cm³/mol. The average Bonchev–Trinajstić information content (AvgIpc) is 2.30. The van der Waals surface area contributed by atoms with Crippen LogP contribution in [0, 0.1) is 22.3 Å². The molecule has 0 aliphatic carbocycles. The lowest BCUT2D eigenvalue weighted by Gasteiger charge is -2.41. The summed E-state index contributed by atoms with van der Waals surface area (Å²) in [7, 11) is 0. The van der Waals surface area contributed by atoms with Crippen LogP contribution in [0.25, 0.3) is 0 Å². The van der Waals surface area contributed by atoms with Crippen molar-refractivity contribution < 1.29 is 14.7 Å². The van der Waals surface area contributed by atoms with Crippen molar-refractivity contribution in [1.82, 2.24) is 4.90 Å². The number of likely N-dealkylation sites (tertiary alicyclic amines) is 1. The van der Waals surface area contributed by atoms with Crippen molar-refractivity contribution >= 4 is 34.5 Å². The topological polar surface area (TPSA) is 57.6 Å². The van der Waals surface area contributed by atoms with Crippen molar-refractivity contribution in [2.75, 3.05) is 13.1 Å². The zero-order valence-corrected chi connectivity index (χ0v) is 13.0. The minimum Gasteiger partial charge on any atom is -0.481 e. The maximum atomic E-state index is 12.3. The summed E-state index contributed by atoms with van der Waals surface area (Å²) in [5, 5.41) is 8.94. The number of carbonyl (C=O) groups is 2. The highest BCUT2D eigenvalue weighted by atomic mass is 127. The number of benzene rings is 1. The third-order valence-corrected chi connectivity index (χ3v) is 5.15. The smallest absolute Gasteiger partial charge is 0.306 e. The van der Waals surface area contributed by atoms with Gasteiger partial charge in [-0.15, -0.1) is 0 Å². The molecule has 5 heteroatoms. The number of hydrogen-bond acceptors (Lipinski definition) is 2. The molecule has 0 radical (unpaired) electrons. The quantitative estimate of drug-likeness (QED) is 0.828. The van der Waals surface area contributed by atoms with E-state index in [9.17, 15) is 9.59 Å². The van der Waals surface area contributed by atoms with E-state index in [0.717, 1.165) is 9.13 Å². The fourth-order valence-electron chi connectivity index (χ4n) is 2.18. The number of nitrogens with zero attached hydrogens (tertiary/aromatic N) is 1. The molecule has 0 bridgehead atoms. The molecular weight excluding hydrogens is 357 g/mol. The predicted octanol–water partition coefficient (Wildman–Crippen LogP) is 2.39. The standard InChI is InChI=1S/C14H16INO3/c1-8-4-3-5-11(12(8)15)13(17)16-6-10(7-16)9(2)14(18)19/h3-5,9-10H,6-7H2,1-2H3,(H,18,19). The summed E-state index contributed by atoms with van der Waals surface area (Å²) in [5.74, 6) is -1.10. The summed E-state index contributed by atoms with van der Waals surface area (Å²) in [6.45, 7) is 4.75. The van der Waals surface area contributed by atoms with E-state index in [2.05, 4.69) is 22.6 Å². The maximum absolute atomic E-state index is 12.3. The second-order valence-electron chi connectivity index (χ2n) is 5.03. The highest BCUT2D eigenvalue weighted by Crippen LogP contribution is 2.27. The number of carbonyl (C=O) groups excluding carboxylic acids is 1. The third-order valence-electron chi connectivity index (χ3n) is 3.72. The van der Waals surface area contributed by atoms with Gasteiger partial charge in [-0.05, 0) is 41.1 Å². The minimum atomic E-state index is -0.790. The molecule has 1 aliphatic rings. The normalized spacial score (nSPS) is 16.9. The Hall–Kier alpha value is -1.11. The van der Waals surface area contributed by atoms with Crippen molar-refractivity contribution in [2.45, 2.75) is 13.8 Å². The Balaban J connectivity index is 2.04. The number of amides is 1. The van der Waals surface area contributed by atoms with Crippen LogP contribution in [-0.4, -0.2) is 35.0 Å². The van der Waals surface area contributed by atoms with Crippen LogP contribution >= 0.6 is 22.6 Å². The highest BCUT2D eigenvalue weighted by Gasteiger charge is 2.37. The molecule has 1 saturated heterocycles.